The van der Waals surface area contributed by atoms with Gasteiger partial charge in [-0.15, -0.1) is 17.3 Å². The predicted octanol–water partition coefficient (Wildman–Crippen LogP) is 6.99. The van der Waals surface area contributed by atoms with Gasteiger partial charge in [0.25, 0.3) is 0 Å². The Bertz CT molecular complexity index is 338. The molecule has 0 rings (SSSR count). The monoisotopic (exact) mass is 338 g/mol. The van der Waals surface area contributed by atoms with Crippen molar-refractivity contribution < 1.29 is 4.74 Å². The summed E-state index contributed by atoms with van der Waals surface area (Å²) in [4.78, 5) is 0. The van der Waals surface area contributed by atoms with Gasteiger partial charge in [0.1, 0.15) is 0 Å². The second-order valence-electron chi connectivity index (χ2n) is 5.65. The number of alkyl halides is 1. The van der Waals surface area contributed by atoms with E-state index in [1.165, 1.54) is 38.5 Å². The van der Waals surface area contributed by atoms with Gasteiger partial charge < -0.3 is 4.74 Å². The van der Waals surface area contributed by atoms with E-state index in [1.807, 2.05) is 12.2 Å². The molecule has 0 unspecified atom stereocenters. The summed E-state index contributed by atoms with van der Waals surface area (Å²) in [6, 6.07) is 0. The molecule has 0 radical (unpaired) electrons. The molecule has 0 heterocycles. The number of hydrogen-bond acceptors (Lipinski definition) is 1. The zero-order valence-electron chi connectivity index (χ0n) is 14.9. The number of allylic oxidation sites excluding steroid dienone is 3. The lowest BCUT2D eigenvalue weighted by Gasteiger charge is -1.96. The molecule has 0 aromatic heterocycles. The molecule has 132 valence electrons. The average molecular weight is 339 g/mol. The standard InChI is InChI=1S/C21H35ClO/c1-2-3-4-5-6-7-8-9-10-11-14-17-20-23-21-18-15-12-13-16-19-22/h8-9,11-12,14,18H,2-7,10,13,16-17,19-21H2,1H3/b9-8-,14-11-. The summed E-state index contributed by atoms with van der Waals surface area (Å²) in [5.74, 6) is 0.717. The lowest BCUT2D eigenvalue weighted by Crippen LogP contribution is -1.91. The highest BCUT2D eigenvalue weighted by Gasteiger charge is 1.86. The Balaban J connectivity index is 3.29. The highest BCUT2D eigenvalue weighted by molar-refractivity contribution is 6.17. The van der Waals surface area contributed by atoms with E-state index in [2.05, 4.69) is 37.0 Å². The van der Waals surface area contributed by atoms with Crippen molar-refractivity contribution in [3.05, 3.63) is 42.2 Å². The van der Waals surface area contributed by atoms with Gasteiger partial charge in [0.2, 0.25) is 0 Å². The third-order valence-corrected chi connectivity index (χ3v) is 3.69. The highest BCUT2D eigenvalue weighted by Crippen LogP contribution is 2.05. The summed E-state index contributed by atoms with van der Waals surface area (Å²) in [5.41, 5.74) is 3.11. The van der Waals surface area contributed by atoms with E-state index >= 15 is 0 Å². The minimum atomic E-state index is 0.642. The van der Waals surface area contributed by atoms with Crippen LogP contribution in [0.3, 0.4) is 0 Å². The average Bonchev–Trinajstić information content (AvgIpc) is 2.57. The molecule has 0 aromatic carbocycles. The minimum absolute atomic E-state index is 0.642. The maximum absolute atomic E-state index is 5.59. The molecule has 0 aliphatic rings. The molecule has 0 fully saturated rings. The predicted molar refractivity (Wildman–Crippen MR) is 104 cm³/mol. The Labute approximate surface area is 149 Å². The quantitative estimate of drug-likeness (QED) is 0.127. The second-order valence-corrected chi connectivity index (χ2v) is 6.03. The van der Waals surface area contributed by atoms with Crippen molar-refractivity contribution in [2.24, 2.45) is 0 Å². The lowest BCUT2D eigenvalue weighted by atomic mass is 10.1. The smallest absolute Gasteiger partial charge is 0.0721 e. The first-order valence-corrected chi connectivity index (χ1v) is 9.78. The van der Waals surface area contributed by atoms with Crippen LogP contribution >= 0.6 is 11.6 Å². The molecular weight excluding hydrogens is 304 g/mol. The van der Waals surface area contributed by atoms with E-state index in [0.717, 1.165) is 38.2 Å². The van der Waals surface area contributed by atoms with Crippen molar-refractivity contribution in [3.8, 4) is 0 Å². The molecule has 0 saturated carbocycles. The molecule has 23 heavy (non-hydrogen) atoms. The molecule has 2 heteroatoms. The van der Waals surface area contributed by atoms with Crippen LogP contribution in [-0.2, 0) is 4.74 Å². The Morgan fingerprint density at radius 3 is 2.39 bits per heavy atom. The van der Waals surface area contributed by atoms with E-state index in [0.29, 0.717) is 6.61 Å². The minimum Gasteiger partial charge on any atom is -0.376 e. The summed E-state index contributed by atoms with van der Waals surface area (Å²) in [6.07, 6.45) is 25.0. The zero-order valence-corrected chi connectivity index (χ0v) is 15.7. The van der Waals surface area contributed by atoms with Gasteiger partial charge in [-0.05, 0) is 50.7 Å². The van der Waals surface area contributed by atoms with Crippen molar-refractivity contribution >= 4 is 11.6 Å². The van der Waals surface area contributed by atoms with Crippen molar-refractivity contribution in [2.45, 2.75) is 71.1 Å². The SMILES string of the molecule is CCCCCCC/C=C\C/C=C\CCOCC=C=CCCCCl. The highest BCUT2D eigenvalue weighted by atomic mass is 35.5. The van der Waals surface area contributed by atoms with Gasteiger partial charge in [0.05, 0.1) is 13.2 Å². The summed E-state index contributed by atoms with van der Waals surface area (Å²) in [7, 11) is 0. The number of hydrogen-bond donors (Lipinski definition) is 0. The van der Waals surface area contributed by atoms with Crippen LogP contribution in [0.4, 0.5) is 0 Å². The van der Waals surface area contributed by atoms with Gasteiger partial charge in [-0.3, -0.25) is 0 Å². The van der Waals surface area contributed by atoms with Crippen LogP contribution in [0.15, 0.2) is 42.2 Å². The lowest BCUT2D eigenvalue weighted by molar-refractivity contribution is 0.167. The van der Waals surface area contributed by atoms with Gasteiger partial charge >= 0.3 is 0 Å². The van der Waals surface area contributed by atoms with E-state index in [1.54, 1.807) is 0 Å². The maximum Gasteiger partial charge on any atom is 0.0721 e. The van der Waals surface area contributed by atoms with Crippen molar-refractivity contribution in [1.29, 1.82) is 0 Å². The molecule has 0 aliphatic carbocycles. The van der Waals surface area contributed by atoms with E-state index in [-0.39, 0.29) is 0 Å². The van der Waals surface area contributed by atoms with Gasteiger partial charge in [0, 0.05) is 5.88 Å². The molecule has 0 bridgehead atoms. The topological polar surface area (TPSA) is 9.23 Å². The third kappa shape index (κ3) is 21.2. The molecule has 0 atom stereocenters. The Morgan fingerprint density at radius 2 is 1.61 bits per heavy atom. The first-order chi connectivity index (χ1) is 11.4. The number of rotatable bonds is 16. The third-order valence-electron chi connectivity index (χ3n) is 3.43. The van der Waals surface area contributed by atoms with Gasteiger partial charge in [-0.2, -0.15) is 0 Å². The maximum atomic E-state index is 5.59. The van der Waals surface area contributed by atoms with Crippen molar-refractivity contribution in [1.82, 2.24) is 0 Å². The Hall–Kier alpha value is -0.750. The molecule has 0 saturated heterocycles. The summed E-state index contributed by atoms with van der Waals surface area (Å²) in [5, 5.41) is 0. The molecule has 1 nitrogen and oxygen atoms in total. The summed E-state index contributed by atoms with van der Waals surface area (Å²) >= 11 is 5.59. The van der Waals surface area contributed by atoms with Gasteiger partial charge in [0.15, 0.2) is 0 Å². The van der Waals surface area contributed by atoms with E-state index in [9.17, 15) is 0 Å². The van der Waals surface area contributed by atoms with E-state index in [4.69, 9.17) is 16.3 Å². The van der Waals surface area contributed by atoms with Crippen molar-refractivity contribution in [2.75, 3.05) is 19.1 Å². The molecule has 0 aromatic rings. The van der Waals surface area contributed by atoms with E-state index < -0.39 is 0 Å². The number of unbranched alkanes of at least 4 members (excludes halogenated alkanes) is 6. The molecule has 0 N–H and O–H groups in total. The van der Waals surface area contributed by atoms with Crippen LogP contribution in [0.5, 0.6) is 0 Å². The van der Waals surface area contributed by atoms with Crippen LogP contribution in [-0.4, -0.2) is 19.1 Å². The number of ether oxygens (including phenoxy) is 1. The summed E-state index contributed by atoms with van der Waals surface area (Å²) < 4.78 is 5.50. The second kappa shape index (κ2) is 21.2. The van der Waals surface area contributed by atoms with Gasteiger partial charge in [-0.25, -0.2) is 0 Å². The van der Waals surface area contributed by atoms with Gasteiger partial charge in [-0.1, -0.05) is 56.9 Å². The first-order valence-electron chi connectivity index (χ1n) is 9.25. The Morgan fingerprint density at radius 1 is 0.826 bits per heavy atom. The van der Waals surface area contributed by atoms with Crippen molar-refractivity contribution in [3.63, 3.8) is 0 Å². The van der Waals surface area contributed by atoms with Crippen LogP contribution < -0.4 is 0 Å². The molecule has 0 spiro atoms. The molecular formula is C21H35ClO. The Kier molecular flexibility index (Phi) is 20.6. The number of halogens is 1. The normalized spacial score (nSPS) is 11.2. The van der Waals surface area contributed by atoms with Crippen LogP contribution in [0, 0.1) is 0 Å². The van der Waals surface area contributed by atoms with Crippen LogP contribution in [0.1, 0.15) is 71.1 Å². The molecule has 0 amide bonds. The van der Waals surface area contributed by atoms with Crippen LogP contribution in [0.2, 0.25) is 0 Å². The van der Waals surface area contributed by atoms with Crippen LogP contribution in [0.25, 0.3) is 0 Å². The fraction of sp³-hybridized carbons (Fsp3) is 0.667. The zero-order chi connectivity index (χ0) is 16.8. The summed E-state index contributed by atoms with van der Waals surface area (Å²) in [6.45, 7) is 3.68. The first kappa shape index (κ1) is 22.2. The fourth-order valence-corrected chi connectivity index (χ4v) is 2.21. The fourth-order valence-electron chi connectivity index (χ4n) is 2.06. The molecule has 0 aliphatic heterocycles. The largest absolute Gasteiger partial charge is 0.376 e.